The highest BCUT2D eigenvalue weighted by molar-refractivity contribution is 5.96. The fraction of sp³-hybridized carbons (Fsp3) is 0.750. The first-order valence-electron chi connectivity index (χ1n) is 9.10. The lowest BCUT2D eigenvalue weighted by atomic mass is 9.54. The van der Waals surface area contributed by atoms with Crippen LogP contribution in [0.15, 0.2) is 22.8 Å². The number of ketones is 1. The van der Waals surface area contributed by atoms with Crippen LogP contribution in [0.1, 0.15) is 53.4 Å². The summed E-state index contributed by atoms with van der Waals surface area (Å²) in [4.78, 5) is 13.0. The SMILES string of the molecule is CC(C)C1=C2[C@@H]3C[C@@H](O)C(CO)=CC(=O)[C@]3(C)CC[C@@]2(C)[C@H](O)C1. The lowest BCUT2D eigenvalue weighted by Crippen LogP contribution is -2.47. The Balaban J connectivity index is 2.15. The van der Waals surface area contributed by atoms with Crippen molar-refractivity contribution in [3.8, 4) is 0 Å². The molecule has 0 aromatic rings. The van der Waals surface area contributed by atoms with E-state index in [2.05, 4.69) is 20.8 Å². The van der Waals surface area contributed by atoms with Crippen molar-refractivity contribution in [2.24, 2.45) is 22.7 Å². The van der Waals surface area contributed by atoms with E-state index < -0.39 is 17.6 Å². The maximum atomic E-state index is 13.0. The Labute approximate surface area is 144 Å². The monoisotopic (exact) mass is 334 g/mol. The summed E-state index contributed by atoms with van der Waals surface area (Å²) in [6.07, 6.45) is 2.87. The van der Waals surface area contributed by atoms with E-state index in [4.69, 9.17) is 0 Å². The topological polar surface area (TPSA) is 77.8 Å². The van der Waals surface area contributed by atoms with Crippen LogP contribution < -0.4 is 0 Å². The van der Waals surface area contributed by atoms with Gasteiger partial charge in [0.15, 0.2) is 5.78 Å². The van der Waals surface area contributed by atoms with Crippen molar-refractivity contribution < 1.29 is 20.1 Å². The number of fused-ring (bicyclic) bond motifs is 3. The maximum Gasteiger partial charge on any atom is 0.162 e. The second kappa shape index (κ2) is 5.79. The minimum Gasteiger partial charge on any atom is -0.392 e. The zero-order valence-electron chi connectivity index (χ0n) is 15.2. The highest BCUT2D eigenvalue weighted by Crippen LogP contribution is 2.62. The Bertz CT molecular complexity index is 617. The Morgan fingerprint density at radius 2 is 1.83 bits per heavy atom. The molecule has 3 N–H and O–H groups in total. The summed E-state index contributed by atoms with van der Waals surface area (Å²) in [5, 5.41) is 30.8. The molecule has 4 heteroatoms. The standard InChI is InChI=1S/C20H30O4/c1-11(2)13-8-17(24)20(4)6-5-19(3)14(18(13)20)9-15(22)12(10-21)7-16(19)23/h7,11,14-15,17,21-22,24H,5-6,8-10H2,1-4H3/t14-,15+,17+,19+,20-/m0/s1. The quantitative estimate of drug-likeness (QED) is 0.678. The molecule has 3 aliphatic rings. The molecule has 5 atom stereocenters. The molecule has 0 heterocycles. The van der Waals surface area contributed by atoms with Crippen LogP contribution in [0.4, 0.5) is 0 Å². The van der Waals surface area contributed by atoms with Crippen LogP contribution in [-0.2, 0) is 4.79 Å². The summed E-state index contributed by atoms with van der Waals surface area (Å²) in [6, 6.07) is 0. The minimum atomic E-state index is -0.799. The van der Waals surface area contributed by atoms with Crippen molar-refractivity contribution >= 4 is 5.78 Å². The number of aliphatic hydroxyl groups excluding tert-OH is 3. The smallest absolute Gasteiger partial charge is 0.162 e. The summed E-state index contributed by atoms with van der Waals surface area (Å²) < 4.78 is 0. The number of carbonyl (C=O) groups excluding carboxylic acids is 1. The van der Waals surface area contributed by atoms with Crippen molar-refractivity contribution in [1.82, 2.24) is 0 Å². The van der Waals surface area contributed by atoms with E-state index in [0.717, 1.165) is 6.42 Å². The molecule has 0 aromatic carbocycles. The van der Waals surface area contributed by atoms with Gasteiger partial charge in [0.1, 0.15) is 0 Å². The lowest BCUT2D eigenvalue weighted by Gasteiger charge is -2.49. The Kier molecular flexibility index (Phi) is 4.30. The van der Waals surface area contributed by atoms with E-state index in [-0.39, 0.29) is 23.7 Å². The van der Waals surface area contributed by atoms with Gasteiger partial charge in [-0.1, -0.05) is 38.8 Å². The average molecular weight is 334 g/mol. The number of hydrogen-bond donors (Lipinski definition) is 3. The minimum absolute atomic E-state index is 0.00662. The predicted octanol–water partition coefficient (Wildman–Crippen LogP) is 2.38. The number of rotatable bonds is 2. The van der Waals surface area contributed by atoms with Crippen LogP contribution in [0.25, 0.3) is 0 Å². The van der Waals surface area contributed by atoms with Crippen LogP contribution in [-0.4, -0.2) is 39.9 Å². The van der Waals surface area contributed by atoms with E-state index in [0.29, 0.717) is 30.8 Å². The molecule has 0 unspecified atom stereocenters. The summed E-state index contributed by atoms with van der Waals surface area (Å²) in [6.45, 7) is 8.10. The summed E-state index contributed by atoms with van der Waals surface area (Å²) in [5.41, 5.74) is 2.03. The maximum absolute atomic E-state index is 13.0. The third-order valence-corrected chi connectivity index (χ3v) is 7.04. The first kappa shape index (κ1) is 17.8. The molecule has 134 valence electrons. The van der Waals surface area contributed by atoms with Crippen molar-refractivity contribution in [2.45, 2.75) is 65.6 Å². The van der Waals surface area contributed by atoms with Crippen molar-refractivity contribution in [3.05, 3.63) is 22.8 Å². The second-order valence-electron chi connectivity index (χ2n) is 8.69. The lowest BCUT2D eigenvalue weighted by molar-refractivity contribution is -0.128. The molecule has 0 saturated heterocycles. The Morgan fingerprint density at radius 1 is 1.21 bits per heavy atom. The molecule has 0 amide bonds. The molecular weight excluding hydrogens is 304 g/mol. The van der Waals surface area contributed by atoms with Gasteiger partial charge in [0.05, 0.1) is 18.8 Å². The molecule has 3 aliphatic carbocycles. The van der Waals surface area contributed by atoms with Gasteiger partial charge in [0.2, 0.25) is 0 Å². The first-order valence-corrected chi connectivity index (χ1v) is 9.10. The largest absolute Gasteiger partial charge is 0.392 e. The van der Waals surface area contributed by atoms with E-state index in [1.807, 2.05) is 6.92 Å². The van der Waals surface area contributed by atoms with Gasteiger partial charge in [-0.05, 0) is 49.2 Å². The zero-order chi connectivity index (χ0) is 17.9. The van der Waals surface area contributed by atoms with Crippen LogP contribution in [0, 0.1) is 22.7 Å². The molecule has 0 spiro atoms. The van der Waals surface area contributed by atoms with Gasteiger partial charge < -0.3 is 15.3 Å². The molecule has 0 radical (unpaired) electrons. The molecule has 0 aromatic heterocycles. The van der Waals surface area contributed by atoms with Gasteiger partial charge in [0, 0.05) is 10.8 Å². The predicted molar refractivity (Wildman–Crippen MR) is 92.2 cm³/mol. The average Bonchev–Trinajstić information content (AvgIpc) is 2.74. The second-order valence-corrected chi connectivity index (χ2v) is 8.69. The molecule has 1 fully saturated rings. The molecule has 24 heavy (non-hydrogen) atoms. The number of carbonyl (C=O) groups is 1. The number of aliphatic hydroxyl groups is 3. The molecule has 0 bridgehead atoms. The van der Waals surface area contributed by atoms with Gasteiger partial charge in [-0.3, -0.25) is 4.79 Å². The van der Waals surface area contributed by atoms with E-state index in [1.165, 1.54) is 17.2 Å². The van der Waals surface area contributed by atoms with Crippen LogP contribution in [0.2, 0.25) is 0 Å². The van der Waals surface area contributed by atoms with E-state index >= 15 is 0 Å². The number of allylic oxidation sites excluding steroid dienone is 1. The summed E-state index contributed by atoms with van der Waals surface area (Å²) >= 11 is 0. The van der Waals surface area contributed by atoms with E-state index in [1.54, 1.807) is 0 Å². The number of hydrogen-bond acceptors (Lipinski definition) is 4. The zero-order valence-corrected chi connectivity index (χ0v) is 15.2. The van der Waals surface area contributed by atoms with Gasteiger partial charge in [-0.2, -0.15) is 0 Å². The van der Waals surface area contributed by atoms with Crippen LogP contribution in [0.5, 0.6) is 0 Å². The van der Waals surface area contributed by atoms with Gasteiger partial charge in [-0.25, -0.2) is 0 Å². The molecule has 0 aliphatic heterocycles. The van der Waals surface area contributed by atoms with Crippen LogP contribution in [0.3, 0.4) is 0 Å². The highest BCUT2D eigenvalue weighted by Gasteiger charge is 2.58. The van der Waals surface area contributed by atoms with Crippen LogP contribution >= 0.6 is 0 Å². The molecule has 1 saturated carbocycles. The van der Waals surface area contributed by atoms with Gasteiger partial charge >= 0.3 is 0 Å². The summed E-state index contributed by atoms with van der Waals surface area (Å²) in [7, 11) is 0. The third-order valence-electron chi connectivity index (χ3n) is 7.04. The first-order chi connectivity index (χ1) is 11.1. The third kappa shape index (κ3) is 2.34. The highest BCUT2D eigenvalue weighted by atomic mass is 16.3. The molecule has 4 nitrogen and oxygen atoms in total. The Hall–Kier alpha value is -0.970. The molecular formula is C20H30O4. The fourth-order valence-electron chi connectivity index (χ4n) is 5.20. The Morgan fingerprint density at radius 3 is 2.42 bits per heavy atom. The normalized spacial score (nSPS) is 42.8. The summed E-state index contributed by atoms with van der Waals surface area (Å²) in [5.74, 6) is 0.250. The fourth-order valence-corrected chi connectivity index (χ4v) is 5.20. The van der Waals surface area contributed by atoms with Crippen molar-refractivity contribution in [2.75, 3.05) is 6.61 Å². The van der Waals surface area contributed by atoms with E-state index in [9.17, 15) is 20.1 Å². The van der Waals surface area contributed by atoms with Crippen molar-refractivity contribution in [3.63, 3.8) is 0 Å². The van der Waals surface area contributed by atoms with Crippen molar-refractivity contribution in [1.29, 1.82) is 0 Å². The molecule has 3 rings (SSSR count). The van der Waals surface area contributed by atoms with Gasteiger partial charge in [-0.15, -0.1) is 0 Å². The van der Waals surface area contributed by atoms with Gasteiger partial charge in [0.25, 0.3) is 0 Å².